The zero-order chi connectivity index (χ0) is 10.2. The molecule has 0 saturated heterocycles. The van der Waals surface area contributed by atoms with E-state index >= 15 is 0 Å². The van der Waals surface area contributed by atoms with Crippen LogP contribution in [0.3, 0.4) is 0 Å². The van der Waals surface area contributed by atoms with Gasteiger partial charge in [0, 0.05) is 19.5 Å². The predicted octanol–water partition coefficient (Wildman–Crippen LogP) is 0.875. The smallest absolute Gasteiger partial charge is 0.295 e. The van der Waals surface area contributed by atoms with Gasteiger partial charge in [-0.05, 0) is 0 Å². The average Bonchev–Trinajstić information content (AvgIpc) is 2.29. The minimum Gasteiger partial charge on any atom is -0.451 e. The van der Waals surface area contributed by atoms with Crippen molar-refractivity contribution < 1.29 is 9.53 Å². The van der Waals surface area contributed by atoms with E-state index in [0.717, 1.165) is 0 Å². The molecule has 1 atom stereocenters. The third-order valence-electron chi connectivity index (χ3n) is 1.82. The highest BCUT2D eigenvalue weighted by atomic mass is 16.5. The second-order valence-corrected chi connectivity index (χ2v) is 4.49. The van der Waals surface area contributed by atoms with Crippen molar-refractivity contribution in [3.8, 4) is 0 Å². The van der Waals surface area contributed by atoms with Gasteiger partial charge in [0.05, 0.1) is 0 Å². The Bertz CT molecular complexity index is 251. The van der Waals surface area contributed by atoms with Crippen LogP contribution in [-0.2, 0) is 9.53 Å². The largest absolute Gasteiger partial charge is 0.451 e. The Labute approximate surface area is 78.6 Å². The monoisotopic (exact) mass is 184 g/mol. The third kappa shape index (κ3) is 1.99. The summed E-state index contributed by atoms with van der Waals surface area (Å²) in [5.41, 5.74) is -0.196. The molecule has 0 aromatic carbocycles. The fourth-order valence-corrected chi connectivity index (χ4v) is 1.09. The van der Waals surface area contributed by atoms with Gasteiger partial charge in [-0.1, -0.05) is 20.8 Å². The van der Waals surface area contributed by atoms with Gasteiger partial charge in [-0.15, -0.1) is 0 Å². The van der Waals surface area contributed by atoms with Gasteiger partial charge in [0.1, 0.15) is 0 Å². The molecule has 0 spiro atoms. The van der Waals surface area contributed by atoms with Crippen molar-refractivity contribution in [1.29, 1.82) is 0 Å². The van der Waals surface area contributed by atoms with E-state index in [-0.39, 0.29) is 11.3 Å². The van der Waals surface area contributed by atoms with Crippen molar-refractivity contribution in [2.24, 2.45) is 10.4 Å². The first kappa shape index (κ1) is 10.0. The van der Waals surface area contributed by atoms with Gasteiger partial charge in [-0.3, -0.25) is 4.79 Å². The molecule has 0 fully saturated rings. The van der Waals surface area contributed by atoms with Crippen LogP contribution in [0.1, 0.15) is 20.8 Å². The number of rotatable bonds is 0. The molecule has 1 aliphatic rings. The van der Waals surface area contributed by atoms with Crippen LogP contribution >= 0.6 is 0 Å². The van der Waals surface area contributed by atoms with E-state index in [4.69, 9.17) is 4.74 Å². The molecule has 0 aliphatic carbocycles. The van der Waals surface area contributed by atoms with Crippen molar-refractivity contribution in [2.45, 2.75) is 26.9 Å². The van der Waals surface area contributed by atoms with Crippen LogP contribution < -0.4 is 0 Å². The Morgan fingerprint density at radius 1 is 1.38 bits per heavy atom. The number of hydrogen-bond donors (Lipinski definition) is 0. The van der Waals surface area contributed by atoms with Crippen molar-refractivity contribution >= 4 is 11.9 Å². The maximum atomic E-state index is 11.4. The summed E-state index contributed by atoms with van der Waals surface area (Å²) in [6.07, 6.45) is -0.440. The molecule has 1 aliphatic heterocycles. The molecule has 0 saturated carbocycles. The molecule has 4 heteroatoms. The normalized spacial score (nSPS) is 22.7. The topological polar surface area (TPSA) is 41.9 Å². The highest BCUT2D eigenvalue weighted by Crippen LogP contribution is 2.27. The minimum absolute atomic E-state index is 0.184. The lowest BCUT2D eigenvalue weighted by atomic mass is 9.89. The minimum atomic E-state index is -0.440. The summed E-state index contributed by atoms with van der Waals surface area (Å²) in [7, 11) is 3.61. The fraction of sp³-hybridized carbons (Fsp3) is 0.778. The molecule has 0 N–H and O–H groups in total. The van der Waals surface area contributed by atoms with Gasteiger partial charge in [0.2, 0.25) is 0 Å². The summed E-state index contributed by atoms with van der Waals surface area (Å²) in [5, 5.41) is 0. The van der Waals surface area contributed by atoms with Crippen molar-refractivity contribution in [3.63, 3.8) is 0 Å². The standard InChI is InChI=1S/C9H16N2O2/c1-9(2,3)6-7(12)10-8(13-6)11(4)5/h6H,1-5H3. The summed E-state index contributed by atoms with van der Waals surface area (Å²) in [6, 6.07) is 0.407. The van der Waals surface area contributed by atoms with Gasteiger partial charge < -0.3 is 9.64 Å². The van der Waals surface area contributed by atoms with Crippen molar-refractivity contribution in [3.05, 3.63) is 0 Å². The fourth-order valence-electron chi connectivity index (χ4n) is 1.09. The summed E-state index contributed by atoms with van der Waals surface area (Å²) < 4.78 is 5.43. The highest BCUT2D eigenvalue weighted by Gasteiger charge is 2.39. The van der Waals surface area contributed by atoms with Gasteiger partial charge in [0.25, 0.3) is 11.9 Å². The third-order valence-corrected chi connectivity index (χ3v) is 1.82. The van der Waals surface area contributed by atoms with E-state index in [9.17, 15) is 4.79 Å². The SMILES string of the molecule is CN(C)C1=NC(=O)C(C(C)(C)C)O1. The maximum Gasteiger partial charge on any atom is 0.295 e. The molecule has 1 unspecified atom stereocenters. The number of carbonyl (C=O) groups excluding carboxylic acids is 1. The van der Waals surface area contributed by atoms with Crippen LogP contribution in [0.4, 0.5) is 0 Å². The highest BCUT2D eigenvalue weighted by molar-refractivity contribution is 5.98. The average molecular weight is 184 g/mol. The molecule has 0 radical (unpaired) electrons. The first-order chi connectivity index (χ1) is 5.82. The molecule has 0 bridgehead atoms. The summed E-state index contributed by atoms with van der Waals surface area (Å²) >= 11 is 0. The van der Waals surface area contributed by atoms with E-state index < -0.39 is 6.10 Å². The number of hydrogen-bond acceptors (Lipinski definition) is 3. The van der Waals surface area contributed by atoms with Crippen LogP contribution in [-0.4, -0.2) is 37.0 Å². The molecule has 4 nitrogen and oxygen atoms in total. The number of amidine groups is 1. The molecular weight excluding hydrogens is 168 g/mol. The number of ether oxygens (including phenoxy) is 1. The maximum absolute atomic E-state index is 11.4. The van der Waals surface area contributed by atoms with E-state index in [2.05, 4.69) is 4.99 Å². The Balaban J connectivity index is 2.76. The molecular formula is C9H16N2O2. The molecule has 0 aromatic rings. The lowest BCUT2D eigenvalue weighted by molar-refractivity contribution is -0.126. The zero-order valence-corrected chi connectivity index (χ0v) is 8.79. The quantitative estimate of drug-likeness (QED) is 0.561. The molecule has 1 heterocycles. The van der Waals surface area contributed by atoms with Gasteiger partial charge in [0.15, 0.2) is 6.10 Å². The second-order valence-electron chi connectivity index (χ2n) is 4.49. The number of aliphatic imine (C=N–C) groups is 1. The Morgan fingerprint density at radius 3 is 2.15 bits per heavy atom. The van der Waals surface area contributed by atoms with E-state index in [0.29, 0.717) is 6.02 Å². The van der Waals surface area contributed by atoms with Gasteiger partial charge in [-0.25, -0.2) is 0 Å². The lowest BCUT2D eigenvalue weighted by Crippen LogP contribution is -2.34. The van der Waals surface area contributed by atoms with E-state index in [1.165, 1.54) is 0 Å². The van der Waals surface area contributed by atoms with E-state index in [1.54, 1.807) is 19.0 Å². The summed E-state index contributed by atoms with van der Waals surface area (Å²) in [6.45, 7) is 5.89. The van der Waals surface area contributed by atoms with Crippen molar-refractivity contribution in [2.75, 3.05) is 14.1 Å². The van der Waals surface area contributed by atoms with Crippen LogP contribution in [0.2, 0.25) is 0 Å². The Kier molecular flexibility index (Phi) is 2.32. The number of carbonyl (C=O) groups is 1. The number of amides is 1. The van der Waals surface area contributed by atoms with Crippen molar-refractivity contribution in [1.82, 2.24) is 4.90 Å². The lowest BCUT2D eigenvalue weighted by Gasteiger charge is -2.24. The summed E-state index contributed by atoms with van der Waals surface area (Å²) in [4.78, 5) is 16.9. The Hall–Kier alpha value is -1.06. The first-order valence-corrected chi connectivity index (χ1v) is 4.29. The molecule has 0 aromatic heterocycles. The summed E-state index contributed by atoms with van der Waals surface area (Å²) in [5.74, 6) is -0.184. The zero-order valence-electron chi connectivity index (χ0n) is 8.79. The Morgan fingerprint density at radius 2 is 1.92 bits per heavy atom. The van der Waals surface area contributed by atoms with Gasteiger partial charge >= 0.3 is 0 Å². The molecule has 74 valence electrons. The second kappa shape index (κ2) is 3.01. The first-order valence-electron chi connectivity index (χ1n) is 4.29. The van der Waals surface area contributed by atoms with E-state index in [1.807, 2.05) is 20.8 Å². The molecule has 13 heavy (non-hydrogen) atoms. The number of nitrogens with zero attached hydrogens (tertiary/aromatic N) is 2. The molecule has 1 rings (SSSR count). The molecule has 1 amide bonds. The van der Waals surface area contributed by atoms with Crippen LogP contribution in [0.25, 0.3) is 0 Å². The predicted molar refractivity (Wildman–Crippen MR) is 50.5 cm³/mol. The van der Waals surface area contributed by atoms with Crippen LogP contribution in [0.15, 0.2) is 4.99 Å². The van der Waals surface area contributed by atoms with Crippen LogP contribution in [0.5, 0.6) is 0 Å². The van der Waals surface area contributed by atoms with Crippen LogP contribution in [0, 0.1) is 5.41 Å². The van der Waals surface area contributed by atoms with Gasteiger partial charge in [-0.2, -0.15) is 4.99 Å².